The van der Waals surface area contributed by atoms with E-state index in [2.05, 4.69) is 0 Å². The molecule has 0 aliphatic heterocycles. The number of carbonyl (C=O) groups is 3. The van der Waals surface area contributed by atoms with Crippen LogP contribution in [0, 0.1) is 0 Å². The zero-order valence-electron chi connectivity index (χ0n) is 11.0. The van der Waals surface area contributed by atoms with Crippen LogP contribution < -0.4 is 29.6 Å². The molecule has 0 aliphatic rings. The molecule has 0 spiro atoms. The van der Waals surface area contributed by atoms with Crippen LogP contribution in [-0.2, 0) is 18.9 Å². The number of carboxylic acid groups (broad SMARTS) is 3. The first-order valence-corrected chi connectivity index (χ1v) is 5.52. The van der Waals surface area contributed by atoms with E-state index in [1.54, 1.807) is 0 Å². The molecule has 0 rings (SSSR count). The average Bonchev–Trinajstić information content (AvgIpc) is 1.95. The molecular formula is C6H13ClNaO11P. The van der Waals surface area contributed by atoms with Crippen molar-refractivity contribution in [2.75, 3.05) is 0 Å². The van der Waals surface area contributed by atoms with Crippen molar-refractivity contribution < 1.29 is 85.0 Å². The van der Waals surface area contributed by atoms with Gasteiger partial charge in [0.2, 0.25) is 0 Å². The number of carboxylic acids is 3. The van der Waals surface area contributed by atoms with Gasteiger partial charge in [0.25, 0.3) is 0 Å². The summed E-state index contributed by atoms with van der Waals surface area (Å²) in [5.74, 6) is -5.02. The molecule has 14 heteroatoms. The number of aliphatic carboxylic acids is 3. The number of hydrogen-bond acceptors (Lipinski definition) is 5. The van der Waals surface area contributed by atoms with Crippen molar-refractivity contribution in [3.8, 4) is 0 Å². The third-order valence-corrected chi connectivity index (χ3v) is 1.29. The van der Waals surface area contributed by atoms with Crippen molar-refractivity contribution in [3.63, 3.8) is 0 Å². The molecule has 0 aromatic heterocycles. The molecule has 0 aromatic carbocycles. The first-order chi connectivity index (χ1) is 7.78. The fourth-order valence-corrected chi connectivity index (χ4v) is 0.714. The van der Waals surface area contributed by atoms with Crippen LogP contribution >= 0.6 is 20.2 Å². The van der Waals surface area contributed by atoms with Crippen LogP contribution in [0.25, 0.3) is 0 Å². The first-order valence-electron chi connectivity index (χ1n) is 3.95. The Labute approximate surface area is 141 Å². The van der Waals surface area contributed by atoms with Gasteiger partial charge in [0.05, 0.1) is 12.8 Å². The van der Waals surface area contributed by atoms with Gasteiger partial charge in [-0.3, -0.25) is 9.59 Å². The molecule has 0 aliphatic carbocycles. The second kappa shape index (κ2) is 11.4. The van der Waals surface area contributed by atoms with E-state index in [0.717, 1.165) is 0 Å². The molecule has 0 unspecified atom stereocenters. The van der Waals surface area contributed by atoms with Gasteiger partial charge >= 0.3 is 55.3 Å². The largest absolute Gasteiger partial charge is 1.00 e. The SMILES string of the molecule is Cl.O=C(O)CC(O)(CC(=O)O)C(=O)O.O=P(O)(O)O.[H-].[Na+]. The van der Waals surface area contributed by atoms with Gasteiger partial charge in [0, 0.05) is 0 Å². The molecule has 0 saturated carbocycles. The van der Waals surface area contributed by atoms with E-state index in [1.807, 2.05) is 0 Å². The van der Waals surface area contributed by atoms with Crippen LogP contribution in [0.4, 0.5) is 0 Å². The van der Waals surface area contributed by atoms with E-state index < -0.39 is 44.2 Å². The summed E-state index contributed by atoms with van der Waals surface area (Å²) in [5.41, 5.74) is -2.74. The van der Waals surface area contributed by atoms with Crippen molar-refractivity contribution >= 4 is 38.1 Å². The summed E-state index contributed by atoms with van der Waals surface area (Å²) in [6.45, 7) is 0. The molecule has 0 aromatic rings. The monoisotopic (exact) mass is 350 g/mol. The van der Waals surface area contributed by atoms with Gasteiger partial charge < -0.3 is 36.5 Å². The maximum Gasteiger partial charge on any atom is 1.00 e. The Hall–Kier alpha value is -0.230. The molecule has 0 amide bonds. The van der Waals surface area contributed by atoms with E-state index in [4.69, 9.17) is 39.7 Å². The average molecular weight is 351 g/mol. The molecule has 11 nitrogen and oxygen atoms in total. The molecule has 0 bridgehead atoms. The van der Waals surface area contributed by atoms with E-state index >= 15 is 0 Å². The van der Waals surface area contributed by atoms with Crippen LogP contribution in [-0.4, -0.2) is 58.6 Å². The Bertz CT molecular complexity index is 361. The molecule has 0 heterocycles. The van der Waals surface area contributed by atoms with Crippen molar-refractivity contribution in [2.45, 2.75) is 18.4 Å². The zero-order valence-corrected chi connectivity index (χ0v) is 13.7. The zero-order chi connectivity index (χ0) is 15.1. The standard InChI is InChI=1S/C6H8O7.ClH.Na.H3O4P.H/c7-3(8)1-6(13,5(11)12)2-4(9)10;;;1-5(2,3)4;/h13H,1-2H2,(H,7,8)(H,9,10)(H,11,12);1H;;(H3,1,2,3,4);/q;;+1;;-1. The molecule has 0 radical (unpaired) electrons. The molecular weight excluding hydrogens is 337 g/mol. The predicted molar refractivity (Wildman–Crippen MR) is 59.7 cm³/mol. The maximum absolute atomic E-state index is 10.3. The summed E-state index contributed by atoms with van der Waals surface area (Å²) >= 11 is 0. The topological polar surface area (TPSA) is 210 Å². The third-order valence-electron chi connectivity index (χ3n) is 1.29. The smallest absolute Gasteiger partial charge is 1.00 e. The van der Waals surface area contributed by atoms with Gasteiger partial charge in [-0.05, 0) is 0 Å². The van der Waals surface area contributed by atoms with E-state index in [0.29, 0.717) is 0 Å². The van der Waals surface area contributed by atoms with Gasteiger partial charge in [-0.2, -0.15) is 0 Å². The first kappa shape index (κ1) is 28.0. The fraction of sp³-hybridized carbons (Fsp3) is 0.500. The molecule has 7 N–H and O–H groups in total. The Balaban J connectivity index is -0.0000000933. The number of phosphoric acid groups is 1. The van der Waals surface area contributed by atoms with Crippen LogP contribution in [0.1, 0.15) is 14.3 Å². The van der Waals surface area contributed by atoms with Crippen molar-refractivity contribution in [2.24, 2.45) is 0 Å². The number of halogens is 1. The molecule has 0 saturated heterocycles. The minimum Gasteiger partial charge on any atom is -1.00 e. The summed E-state index contributed by atoms with van der Waals surface area (Å²) < 4.78 is 8.88. The normalized spacial score (nSPS) is 10.0. The maximum atomic E-state index is 10.3. The second-order valence-corrected chi connectivity index (χ2v) is 4.02. The van der Waals surface area contributed by atoms with Crippen molar-refractivity contribution in [1.29, 1.82) is 0 Å². The second-order valence-electron chi connectivity index (χ2n) is 2.99. The Kier molecular flexibility index (Phi) is 16.0. The van der Waals surface area contributed by atoms with Crippen LogP contribution in [0.3, 0.4) is 0 Å². The van der Waals surface area contributed by atoms with Gasteiger partial charge in [-0.25, -0.2) is 9.36 Å². The van der Waals surface area contributed by atoms with E-state index in [-0.39, 0.29) is 43.4 Å². The number of rotatable bonds is 5. The van der Waals surface area contributed by atoms with Gasteiger partial charge in [0.15, 0.2) is 5.60 Å². The van der Waals surface area contributed by atoms with E-state index in [1.165, 1.54) is 0 Å². The predicted octanol–water partition coefficient (Wildman–Crippen LogP) is -4.64. The fourth-order valence-electron chi connectivity index (χ4n) is 0.714. The summed E-state index contributed by atoms with van der Waals surface area (Å²) in [6, 6.07) is 0. The molecule has 116 valence electrons. The summed E-state index contributed by atoms with van der Waals surface area (Å²) in [4.78, 5) is 52.0. The van der Waals surface area contributed by atoms with Gasteiger partial charge in [0.1, 0.15) is 0 Å². The summed E-state index contributed by atoms with van der Waals surface area (Å²) in [6.07, 6.45) is -2.29. The minimum atomic E-state index is -4.64. The third kappa shape index (κ3) is 20.1. The molecule has 0 atom stereocenters. The Morgan fingerprint density at radius 2 is 1.15 bits per heavy atom. The molecule has 0 fully saturated rings. The molecule has 20 heavy (non-hydrogen) atoms. The quantitative estimate of drug-likeness (QED) is 0.185. The van der Waals surface area contributed by atoms with Crippen LogP contribution in [0.5, 0.6) is 0 Å². The van der Waals surface area contributed by atoms with Crippen molar-refractivity contribution in [1.82, 2.24) is 0 Å². The van der Waals surface area contributed by atoms with Gasteiger partial charge in [-0.1, -0.05) is 0 Å². The van der Waals surface area contributed by atoms with Crippen LogP contribution in [0.15, 0.2) is 0 Å². The van der Waals surface area contributed by atoms with E-state index in [9.17, 15) is 14.4 Å². The van der Waals surface area contributed by atoms with Crippen LogP contribution in [0.2, 0.25) is 0 Å². The van der Waals surface area contributed by atoms with Gasteiger partial charge in [-0.15, -0.1) is 12.4 Å². The Morgan fingerprint density at radius 1 is 0.950 bits per heavy atom. The number of aliphatic hydroxyl groups is 1. The summed E-state index contributed by atoms with van der Waals surface area (Å²) in [5, 5.41) is 33.8. The Morgan fingerprint density at radius 3 is 1.25 bits per heavy atom. The summed E-state index contributed by atoms with van der Waals surface area (Å²) in [7, 11) is -4.64. The minimum absolute atomic E-state index is 0. The van der Waals surface area contributed by atoms with Crippen molar-refractivity contribution in [3.05, 3.63) is 0 Å². The number of hydrogen-bond donors (Lipinski definition) is 7.